The smallest absolute Gasteiger partial charge is 0.161 e. The van der Waals surface area contributed by atoms with Crippen molar-refractivity contribution >= 4 is 0 Å². The van der Waals surface area contributed by atoms with E-state index in [-0.39, 0.29) is 0 Å². The average molecular weight is 287 g/mol. The molecular formula is C18H25NO2. The number of hydrogen-bond donors (Lipinski definition) is 0. The number of nitrogens with zero attached hydrogens (tertiary/aromatic N) is 1. The van der Waals surface area contributed by atoms with E-state index in [1.165, 1.54) is 17.5 Å². The first-order valence-corrected chi connectivity index (χ1v) is 7.84. The molecule has 3 rings (SSSR count). The van der Waals surface area contributed by atoms with Crippen LogP contribution in [-0.4, -0.2) is 32.2 Å². The quantitative estimate of drug-likeness (QED) is 0.791. The third-order valence-electron chi connectivity index (χ3n) is 5.04. The second-order valence-corrected chi connectivity index (χ2v) is 6.08. The Hall–Kier alpha value is -1.48. The summed E-state index contributed by atoms with van der Waals surface area (Å²) in [4.78, 5) is 2.63. The van der Waals surface area contributed by atoms with E-state index in [0.29, 0.717) is 6.04 Å². The fourth-order valence-electron chi connectivity index (χ4n) is 3.74. The van der Waals surface area contributed by atoms with Crippen LogP contribution in [0.3, 0.4) is 0 Å². The van der Waals surface area contributed by atoms with Gasteiger partial charge in [-0.1, -0.05) is 18.1 Å². The predicted molar refractivity (Wildman–Crippen MR) is 85.2 cm³/mol. The molecule has 1 unspecified atom stereocenters. The summed E-state index contributed by atoms with van der Waals surface area (Å²) in [5.74, 6) is 1.70. The van der Waals surface area contributed by atoms with Gasteiger partial charge in [-0.05, 0) is 49.4 Å². The van der Waals surface area contributed by atoms with Gasteiger partial charge in [0.05, 0.1) is 14.2 Å². The Bertz CT molecular complexity index is 577. The molecule has 0 spiro atoms. The molecule has 1 aromatic rings. The van der Waals surface area contributed by atoms with E-state index < -0.39 is 0 Å². The maximum Gasteiger partial charge on any atom is 0.161 e. The fourth-order valence-corrected chi connectivity index (χ4v) is 3.74. The van der Waals surface area contributed by atoms with Gasteiger partial charge < -0.3 is 9.47 Å². The number of hydrogen-bond acceptors (Lipinski definition) is 3. The average Bonchev–Trinajstić information content (AvgIpc) is 2.52. The maximum absolute atomic E-state index is 5.50. The lowest BCUT2D eigenvalue weighted by atomic mass is 9.84. The second kappa shape index (κ2) is 5.72. The Morgan fingerprint density at radius 1 is 1.19 bits per heavy atom. The summed E-state index contributed by atoms with van der Waals surface area (Å²) in [7, 11) is 3.42. The van der Waals surface area contributed by atoms with E-state index in [9.17, 15) is 0 Å². The summed E-state index contributed by atoms with van der Waals surface area (Å²) < 4.78 is 10.9. The van der Waals surface area contributed by atoms with Gasteiger partial charge in [0.15, 0.2) is 11.5 Å². The Kier molecular flexibility index (Phi) is 3.94. The molecule has 3 heteroatoms. The van der Waals surface area contributed by atoms with Gasteiger partial charge in [0.2, 0.25) is 0 Å². The molecule has 3 nitrogen and oxygen atoms in total. The van der Waals surface area contributed by atoms with Crippen molar-refractivity contribution in [3.05, 3.63) is 34.4 Å². The highest BCUT2D eigenvalue weighted by Crippen LogP contribution is 2.43. The molecule has 1 atom stereocenters. The second-order valence-electron chi connectivity index (χ2n) is 6.08. The summed E-state index contributed by atoms with van der Waals surface area (Å²) in [5, 5.41) is 0. The van der Waals surface area contributed by atoms with E-state index in [1.807, 2.05) is 0 Å². The predicted octanol–water partition coefficient (Wildman–Crippen LogP) is 3.73. The van der Waals surface area contributed by atoms with Crippen molar-refractivity contribution in [3.8, 4) is 11.5 Å². The Labute approximate surface area is 127 Å². The third-order valence-corrected chi connectivity index (χ3v) is 5.04. The third kappa shape index (κ3) is 2.44. The van der Waals surface area contributed by atoms with Crippen molar-refractivity contribution in [3.63, 3.8) is 0 Å². The number of benzene rings is 1. The van der Waals surface area contributed by atoms with Gasteiger partial charge in [-0.2, -0.15) is 0 Å². The highest BCUT2D eigenvalue weighted by Gasteiger charge is 2.32. The molecule has 0 aromatic heterocycles. The number of fused-ring (bicyclic) bond motifs is 3. The minimum Gasteiger partial charge on any atom is -0.493 e. The SMILES string of the molecule is CCC1=C(C)CC2c3cc(OC)c(OC)cc3CCN2C1. The topological polar surface area (TPSA) is 21.7 Å². The van der Waals surface area contributed by atoms with Crippen LogP contribution in [0, 0.1) is 0 Å². The zero-order chi connectivity index (χ0) is 15.0. The van der Waals surface area contributed by atoms with Crippen LogP contribution in [0.1, 0.15) is 43.9 Å². The molecule has 0 N–H and O–H groups in total. The Balaban J connectivity index is 2.01. The number of rotatable bonds is 3. The van der Waals surface area contributed by atoms with Crippen LogP contribution >= 0.6 is 0 Å². The van der Waals surface area contributed by atoms with Gasteiger partial charge in [-0.25, -0.2) is 0 Å². The van der Waals surface area contributed by atoms with Crippen molar-refractivity contribution in [1.29, 1.82) is 0 Å². The van der Waals surface area contributed by atoms with Crippen LogP contribution in [0.25, 0.3) is 0 Å². The van der Waals surface area contributed by atoms with Crippen molar-refractivity contribution in [2.24, 2.45) is 0 Å². The molecule has 0 saturated carbocycles. The lowest BCUT2D eigenvalue weighted by Crippen LogP contribution is -2.39. The molecule has 0 amide bonds. The van der Waals surface area contributed by atoms with Crippen LogP contribution in [0.5, 0.6) is 11.5 Å². The van der Waals surface area contributed by atoms with Gasteiger partial charge in [-0.3, -0.25) is 4.90 Å². The zero-order valence-electron chi connectivity index (χ0n) is 13.5. The van der Waals surface area contributed by atoms with E-state index in [2.05, 4.69) is 30.9 Å². The summed E-state index contributed by atoms with van der Waals surface area (Å²) in [6.07, 6.45) is 3.42. The first-order chi connectivity index (χ1) is 10.2. The molecule has 114 valence electrons. The minimum absolute atomic E-state index is 0.504. The first kappa shape index (κ1) is 14.5. The monoisotopic (exact) mass is 287 g/mol. The molecule has 2 aliphatic rings. The first-order valence-electron chi connectivity index (χ1n) is 7.84. The Morgan fingerprint density at radius 3 is 2.57 bits per heavy atom. The van der Waals surface area contributed by atoms with Crippen molar-refractivity contribution < 1.29 is 9.47 Å². The van der Waals surface area contributed by atoms with E-state index in [4.69, 9.17) is 9.47 Å². The standard InChI is InChI=1S/C18H25NO2/c1-5-13-11-19-7-6-14-9-17(20-3)18(21-4)10-15(14)16(19)8-12(13)2/h9-10,16H,5-8,11H2,1-4H3. The van der Waals surface area contributed by atoms with Crippen LogP contribution in [0.15, 0.2) is 23.3 Å². The van der Waals surface area contributed by atoms with Crippen LogP contribution in [0.2, 0.25) is 0 Å². The van der Waals surface area contributed by atoms with Gasteiger partial charge in [-0.15, -0.1) is 0 Å². The normalized spacial score (nSPS) is 21.8. The van der Waals surface area contributed by atoms with Crippen LogP contribution in [0.4, 0.5) is 0 Å². The lowest BCUT2D eigenvalue weighted by Gasteiger charge is -2.42. The molecule has 2 aliphatic heterocycles. The largest absolute Gasteiger partial charge is 0.493 e. The molecule has 1 aromatic carbocycles. The van der Waals surface area contributed by atoms with Crippen molar-refractivity contribution in [2.45, 2.75) is 39.2 Å². The molecule has 0 fully saturated rings. The molecule has 0 aliphatic carbocycles. The van der Waals surface area contributed by atoms with Gasteiger partial charge in [0.25, 0.3) is 0 Å². The lowest BCUT2D eigenvalue weighted by molar-refractivity contribution is 0.184. The highest BCUT2D eigenvalue weighted by atomic mass is 16.5. The summed E-state index contributed by atoms with van der Waals surface area (Å²) in [6.45, 7) is 6.83. The molecular weight excluding hydrogens is 262 g/mol. The Morgan fingerprint density at radius 2 is 1.90 bits per heavy atom. The van der Waals surface area contributed by atoms with Crippen LogP contribution in [-0.2, 0) is 6.42 Å². The molecule has 0 radical (unpaired) electrons. The zero-order valence-corrected chi connectivity index (χ0v) is 13.5. The van der Waals surface area contributed by atoms with Gasteiger partial charge in [0, 0.05) is 19.1 Å². The van der Waals surface area contributed by atoms with Crippen molar-refractivity contribution in [2.75, 3.05) is 27.3 Å². The van der Waals surface area contributed by atoms with Crippen LogP contribution < -0.4 is 9.47 Å². The number of methoxy groups -OCH3 is 2. The number of ether oxygens (including phenoxy) is 2. The fraction of sp³-hybridized carbons (Fsp3) is 0.556. The summed E-state index contributed by atoms with van der Waals surface area (Å²) >= 11 is 0. The molecule has 0 bridgehead atoms. The van der Waals surface area contributed by atoms with Gasteiger partial charge >= 0.3 is 0 Å². The molecule has 0 saturated heterocycles. The molecule has 21 heavy (non-hydrogen) atoms. The van der Waals surface area contributed by atoms with Crippen molar-refractivity contribution in [1.82, 2.24) is 4.90 Å². The summed E-state index contributed by atoms with van der Waals surface area (Å²) in [6, 6.07) is 4.86. The highest BCUT2D eigenvalue weighted by molar-refractivity contribution is 5.50. The minimum atomic E-state index is 0.504. The summed E-state index contributed by atoms with van der Waals surface area (Å²) in [5.41, 5.74) is 6.03. The molecule has 2 heterocycles. The van der Waals surface area contributed by atoms with E-state index >= 15 is 0 Å². The van der Waals surface area contributed by atoms with E-state index in [0.717, 1.165) is 37.4 Å². The van der Waals surface area contributed by atoms with Gasteiger partial charge in [0.1, 0.15) is 0 Å². The van der Waals surface area contributed by atoms with E-state index in [1.54, 1.807) is 25.4 Å². The maximum atomic E-state index is 5.50.